The van der Waals surface area contributed by atoms with Crippen LogP contribution in [0.4, 0.5) is 47.3 Å². The van der Waals surface area contributed by atoms with Crippen LogP contribution in [-0.2, 0) is 9.47 Å². The van der Waals surface area contributed by atoms with Gasteiger partial charge in [-0.3, -0.25) is 9.59 Å². The summed E-state index contributed by atoms with van der Waals surface area (Å²) in [5.41, 5.74) is 6.19. The Bertz CT molecular complexity index is 2060. The third-order valence-electron chi connectivity index (χ3n) is 7.29. The largest absolute Gasteiger partial charge is 0.457 e. The molecular formula is C34H27ClF6N4O6S2. The third-order valence-corrected chi connectivity index (χ3v) is 9.93. The quantitative estimate of drug-likeness (QED) is 0.116. The van der Waals surface area contributed by atoms with Crippen molar-refractivity contribution in [3.05, 3.63) is 118 Å². The average molecular weight is 801 g/mol. The zero-order valence-corrected chi connectivity index (χ0v) is 29.7. The van der Waals surface area contributed by atoms with Crippen LogP contribution in [0.1, 0.15) is 43.9 Å². The number of methoxy groups -OCH3 is 2. The van der Waals surface area contributed by atoms with Crippen LogP contribution >= 0.6 is 35.1 Å². The second kappa shape index (κ2) is 18.2. The molecule has 4 aromatic carbocycles. The fourth-order valence-electron chi connectivity index (χ4n) is 4.86. The average Bonchev–Trinajstić information content (AvgIpc) is 3.73. The number of anilines is 2. The highest BCUT2D eigenvalue weighted by molar-refractivity contribution is 8.00. The molecule has 2 heterocycles. The second-order valence-electron chi connectivity index (χ2n) is 10.7. The van der Waals surface area contributed by atoms with E-state index in [4.69, 9.17) is 5.73 Å². The second-order valence-corrected chi connectivity index (χ2v) is 13.1. The first-order valence-corrected chi connectivity index (χ1v) is 17.3. The number of hydrogen-bond acceptors (Lipinski definition) is 9. The van der Waals surface area contributed by atoms with Gasteiger partial charge in [0.25, 0.3) is 11.8 Å². The summed E-state index contributed by atoms with van der Waals surface area (Å²) in [6, 6.07) is 9.88. The van der Waals surface area contributed by atoms with Gasteiger partial charge in [0.2, 0.25) is 0 Å². The van der Waals surface area contributed by atoms with E-state index in [9.17, 15) is 45.5 Å². The number of halogens is 7. The summed E-state index contributed by atoms with van der Waals surface area (Å²) in [5.74, 6) is -5.49. The summed E-state index contributed by atoms with van der Waals surface area (Å²) >= 11 is 7.11. The molecule has 5 N–H and O–H groups in total. The van der Waals surface area contributed by atoms with E-state index in [-0.39, 0.29) is 28.1 Å². The molecule has 0 spiro atoms. The lowest BCUT2D eigenvalue weighted by Gasteiger charge is -2.14. The number of hydrogen-bond donors (Lipinski definition) is 4. The summed E-state index contributed by atoms with van der Waals surface area (Å²) < 4.78 is 88.7. The maximum absolute atomic E-state index is 14.2. The molecule has 2 aliphatic rings. The van der Waals surface area contributed by atoms with Gasteiger partial charge in [0.15, 0.2) is 23.3 Å². The van der Waals surface area contributed by atoms with Gasteiger partial charge < -0.3 is 31.2 Å². The molecule has 2 aliphatic heterocycles. The SMILES string of the molecule is COC(=O)Cl.COC(=O)NC1CSc2c(C(=O)Nc3ccc(F)c(F)c3)ccc(F)c21.NC1CSc2c(C(=O)Nc3ccc(F)c(F)c3)ccc(F)c21. The summed E-state index contributed by atoms with van der Waals surface area (Å²) in [6.07, 6.45) is -0.709. The fourth-order valence-corrected chi connectivity index (χ4v) is 7.38. The van der Waals surface area contributed by atoms with Crippen LogP contribution in [0, 0.1) is 34.9 Å². The molecule has 0 fully saturated rings. The highest BCUT2D eigenvalue weighted by atomic mass is 35.5. The van der Waals surface area contributed by atoms with Crippen LogP contribution < -0.4 is 21.7 Å². The minimum atomic E-state index is -1.09. The van der Waals surface area contributed by atoms with E-state index < -0.39 is 70.3 Å². The van der Waals surface area contributed by atoms with Gasteiger partial charge in [-0.15, -0.1) is 23.5 Å². The van der Waals surface area contributed by atoms with E-state index >= 15 is 0 Å². The van der Waals surface area contributed by atoms with Crippen LogP contribution in [0.15, 0.2) is 70.5 Å². The number of nitrogens with one attached hydrogen (secondary N) is 3. The Labute approximate surface area is 311 Å². The molecule has 2 unspecified atom stereocenters. The molecule has 0 aliphatic carbocycles. The third kappa shape index (κ3) is 10.2. The molecule has 0 saturated heterocycles. The number of rotatable bonds is 5. The first-order valence-electron chi connectivity index (χ1n) is 14.9. The van der Waals surface area contributed by atoms with Gasteiger partial charge in [0, 0.05) is 73.6 Å². The van der Waals surface area contributed by atoms with Crippen LogP contribution in [0.25, 0.3) is 0 Å². The smallest absolute Gasteiger partial charge is 0.407 e. The lowest BCUT2D eigenvalue weighted by Crippen LogP contribution is -2.29. The van der Waals surface area contributed by atoms with Gasteiger partial charge >= 0.3 is 11.5 Å². The summed E-state index contributed by atoms with van der Waals surface area (Å²) in [5, 5.41) is 7.43. The Kier molecular flexibility index (Phi) is 14.0. The van der Waals surface area contributed by atoms with E-state index in [0.29, 0.717) is 26.9 Å². The first-order chi connectivity index (χ1) is 25.1. The summed E-state index contributed by atoms with van der Waals surface area (Å²) in [4.78, 5) is 46.4. The lowest BCUT2D eigenvalue weighted by molar-refractivity contribution is 0.101. The number of ether oxygens (including phenoxy) is 2. The molecule has 10 nitrogen and oxygen atoms in total. The van der Waals surface area contributed by atoms with Crippen LogP contribution in [0.5, 0.6) is 0 Å². The van der Waals surface area contributed by atoms with Crippen molar-refractivity contribution in [3.8, 4) is 0 Å². The molecule has 2 atom stereocenters. The lowest BCUT2D eigenvalue weighted by atomic mass is 10.0. The molecule has 0 aromatic heterocycles. The normalized spacial score (nSPS) is 15.0. The van der Waals surface area contributed by atoms with E-state index in [0.717, 1.165) is 30.3 Å². The van der Waals surface area contributed by atoms with Crippen molar-refractivity contribution in [3.63, 3.8) is 0 Å². The molecule has 6 rings (SSSR count). The Morgan fingerprint density at radius 1 is 0.660 bits per heavy atom. The van der Waals surface area contributed by atoms with Crippen LogP contribution in [0.2, 0.25) is 0 Å². The summed E-state index contributed by atoms with van der Waals surface area (Å²) in [7, 11) is 2.41. The highest BCUT2D eigenvalue weighted by Crippen LogP contribution is 2.43. The van der Waals surface area contributed by atoms with Crippen molar-refractivity contribution in [2.75, 3.05) is 36.4 Å². The Hall–Kier alpha value is -4.91. The number of fused-ring (bicyclic) bond motifs is 2. The standard InChI is InChI=1S/C17H13F3N2O3S.C15H11F3N2OS.C2H3ClO2/c1-25-17(24)22-13-7-26-15-9(3-5-11(19)14(13)15)16(23)21-8-2-4-10(18)12(20)6-8;16-9-3-1-7(5-11(9)18)20-15(21)8-2-4-10(17)13-12(19)6-22-14(8)13;1-5-2(3)4/h2-6,13H,7H2,1H3,(H,21,23)(H,22,24);1-5,12H,6,19H2,(H,20,21);1H3. The van der Waals surface area contributed by atoms with Gasteiger partial charge in [-0.05, 0) is 48.5 Å². The molecular weight excluding hydrogens is 774 g/mol. The van der Waals surface area contributed by atoms with E-state index in [1.54, 1.807) is 0 Å². The van der Waals surface area contributed by atoms with E-state index in [1.807, 2.05) is 0 Å². The molecule has 19 heteroatoms. The van der Waals surface area contributed by atoms with Crippen LogP contribution in [0.3, 0.4) is 0 Å². The fraction of sp³-hybridized carbons (Fsp3) is 0.176. The topological polar surface area (TPSA) is 149 Å². The van der Waals surface area contributed by atoms with Gasteiger partial charge in [0.05, 0.1) is 31.4 Å². The minimum absolute atomic E-state index is 0.0687. The Balaban J connectivity index is 0.000000212. The van der Waals surface area contributed by atoms with E-state index in [2.05, 4.69) is 37.0 Å². The predicted molar refractivity (Wildman–Crippen MR) is 186 cm³/mol. The van der Waals surface area contributed by atoms with Crippen molar-refractivity contribution in [1.29, 1.82) is 0 Å². The Morgan fingerprint density at radius 2 is 1.09 bits per heavy atom. The molecule has 4 aromatic rings. The molecule has 0 radical (unpaired) electrons. The zero-order chi connectivity index (χ0) is 39.0. The molecule has 3 amide bonds. The van der Waals surface area contributed by atoms with Crippen molar-refractivity contribution in [1.82, 2.24) is 5.32 Å². The van der Waals surface area contributed by atoms with Crippen molar-refractivity contribution < 1.29 is 55.0 Å². The molecule has 0 saturated carbocycles. The molecule has 0 bridgehead atoms. The van der Waals surface area contributed by atoms with Gasteiger partial charge in [-0.2, -0.15) is 0 Å². The number of nitrogens with two attached hydrogens (primary N) is 1. The van der Waals surface area contributed by atoms with Crippen molar-refractivity contribution >= 4 is 69.8 Å². The number of alkyl carbamates (subject to hydrolysis) is 1. The predicted octanol–water partition coefficient (Wildman–Crippen LogP) is 8.31. The highest BCUT2D eigenvalue weighted by Gasteiger charge is 2.32. The van der Waals surface area contributed by atoms with E-state index in [1.165, 1.54) is 68.1 Å². The minimum Gasteiger partial charge on any atom is -0.457 e. The van der Waals surface area contributed by atoms with Crippen LogP contribution in [-0.4, -0.2) is 49.1 Å². The van der Waals surface area contributed by atoms with Crippen molar-refractivity contribution in [2.45, 2.75) is 21.9 Å². The zero-order valence-electron chi connectivity index (χ0n) is 27.3. The van der Waals surface area contributed by atoms with Crippen molar-refractivity contribution in [2.24, 2.45) is 5.73 Å². The van der Waals surface area contributed by atoms with Gasteiger partial charge in [0.1, 0.15) is 11.6 Å². The summed E-state index contributed by atoms with van der Waals surface area (Å²) in [6.45, 7) is 0. The number of benzene rings is 4. The number of carbonyl (C=O) groups excluding carboxylic acids is 4. The monoisotopic (exact) mass is 800 g/mol. The molecule has 53 heavy (non-hydrogen) atoms. The number of thioether (sulfide) groups is 2. The molecule has 280 valence electrons. The van der Waals surface area contributed by atoms with Gasteiger partial charge in [-0.1, -0.05) is 0 Å². The maximum Gasteiger partial charge on any atom is 0.407 e. The number of carbonyl (C=O) groups is 4. The van der Waals surface area contributed by atoms with Gasteiger partial charge in [-0.25, -0.2) is 35.9 Å². The number of amides is 3. The maximum atomic E-state index is 14.2. The first kappa shape index (κ1) is 40.9. The Morgan fingerprint density at radius 3 is 1.55 bits per heavy atom.